The monoisotopic (exact) mass is 477 g/mol. The number of hydrogen-bond acceptors (Lipinski definition) is 5. The van der Waals surface area contributed by atoms with Gasteiger partial charge in [-0.1, -0.05) is 67.4 Å². The van der Waals surface area contributed by atoms with E-state index in [-0.39, 0.29) is 30.2 Å². The molecule has 1 fully saturated rings. The van der Waals surface area contributed by atoms with Crippen molar-refractivity contribution in [1.29, 1.82) is 0 Å². The molecule has 8 heteroatoms. The van der Waals surface area contributed by atoms with Crippen molar-refractivity contribution >= 4 is 23.6 Å². The molecule has 4 rings (SSSR count). The standard InChI is InChI=1S/C26H31N5O2S/c1-18-9-8-11-20(15-18)25(33)27-16-23-29-30-26(31(23)21-12-4-3-5-13-21)34-17-24(32)28-22-14-7-6-10-19(22)2/h3-5,8-9,11-13,15,19,22H,6-7,10,14,16-17H2,1-2H3,(H,27,33)(H,28,32)/t19-,22-/m0/s1. The van der Waals surface area contributed by atoms with Gasteiger partial charge in [0.1, 0.15) is 0 Å². The first-order valence-electron chi connectivity index (χ1n) is 11.8. The summed E-state index contributed by atoms with van der Waals surface area (Å²) in [5.41, 5.74) is 2.52. The van der Waals surface area contributed by atoms with E-state index in [2.05, 4.69) is 27.8 Å². The molecular formula is C26H31N5O2S. The fourth-order valence-electron chi connectivity index (χ4n) is 4.30. The zero-order valence-electron chi connectivity index (χ0n) is 19.7. The second kappa shape index (κ2) is 11.3. The quantitative estimate of drug-likeness (QED) is 0.473. The van der Waals surface area contributed by atoms with Gasteiger partial charge in [0.25, 0.3) is 5.91 Å². The predicted octanol–water partition coefficient (Wildman–Crippen LogP) is 4.29. The normalized spacial score (nSPS) is 17.8. The van der Waals surface area contributed by atoms with Gasteiger partial charge in [-0.25, -0.2) is 0 Å². The van der Waals surface area contributed by atoms with Crippen LogP contribution in [0.4, 0.5) is 0 Å². The molecule has 1 aromatic heterocycles. The van der Waals surface area contributed by atoms with Crippen molar-refractivity contribution in [3.8, 4) is 5.69 Å². The Labute approximate surface area is 204 Å². The van der Waals surface area contributed by atoms with Crippen LogP contribution in [0.3, 0.4) is 0 Å². The second-order valence-corrected chi connectivity index (χ2v) is 9.79. The molecule has 1 aliphatic carbocycles. The molecule has 1 aliphatic rings. The van der Waals surface area contributed by atoms with Crippen LogP contribution in [0.5, 0.6) is 0 Å². The van der Waals surface area contributed by atoms with Crippen LogP contribution < -0.4 is 10.6 Å². The van der Waals surface area contributed by atoms with Crippen LogP contribution in [0.1, 0.15) is 54.4 Å². The Hall–Kier alpha value is -3.13. The average molecular weight is 478 g/mol. The van der Waals surface area contributed by atoms with Crippen molar-refractivity contribution in [2.75, 3.05) is 5.75 Å². The number of rotatable bonds is 8. The lowest BCUT2D eigenvalue weighted by Gasteiger charge is -2.29. The lowest BCUT2D eigenvalue weighted by molar-refractivity contribution is -0.119. The summed E-state index contributed by atoms with van der Waals surface area (Å²) in [7, 11) is 0. The van der Waals surface area contributed by atoms with E-state index >= 15 is 0 Å². The number of aromatic nitrogens is 3. The first-order valence-corrected chi connectivity index (χ1v) is 12.8. The van der Waals surface area contributed by atoms with Gasteiger partial charge in [0.2, 0.25) is 5.91 Å². The Morgan fingerprint density at radius 3 is 2.62 bits per heavy atom. The van der Waals surface area contributed by atoms with Crippen molar-refractivity contribution in [1.82, 2.24) is 25.4 Å². The smallest absolute Gasteiger partial charge is 0.251 e. The summed E-state index contributed by atoms with van der Waals surface area (Å²) in [4.78, 5) is 25.3. The Morgan fingerprint density at radius 2 is 1.85 bits per heavy atom. The van der Waals surface area contributed by atoms with Crippen LogP contribution in [0.25, 0.3) is 5.69 Å². The first-order chi connectivity index (χ1) is 16.5. The number of carbonyl (C=O) groups is 2. The fourth-order valence-corrected chi connectivity index (χ4v) is 5.08. The summed E-state index contributed by atoms with van der Waals surface area (Å²) >= 11 is 1.36. The third-order valence-corrected chi connectivity index (χ3v) is 7.12. The van der Waals surface area contributed by atoms with Crippen LogP contribution in [0.15, 0.2) is 59.8 Å². The minimum Gasteiger partial charge on any atom is -0.352 e. The molecule has 1 saturated carbocycles. The summed E-state index contributed by atoms with van der Waals surface area (Å²) in [6, 6.07) is 17.5. The van der Waals surface area contributed by atoms with Crippen LogP contribution in [-0.4, -0.2) is 38.4 Å². The van der Waals surface area contributed by atoms with Gasteiger partial charge in [0.05, 0.1) is 12.3 Å². The van der Waals surface area contributed by atoms with Crippen molar-refractivity contribution in [2.24, 2.45) is 5.92 Å². The predicted molar refractivity (Wildman–Crippen MR) is 134 cm³/mol. The molecule has 0 aliphatic heterocycles. The highest BCUT2D eigenvalue weighted by Gasteiger charge is 2.23. The van der Waals surface area contributed by atoms with Gasteiger partial charge in [-0.15, -0.1) is 10.2 Å². The molecule has 0 radical (unpaired) electrons. The Balaban J connectivity index is 1.45. The van der Waals surface area contributed by atoms with Crippen molar-refractivity contribution in [3.63, 3.8) is 0 Å². The largest absolute Gasteiger partial charge is 0.352 e. The summed E-state index contributed by atoms with van der Waals surface area (Å²) in [6.07, 6.45) is 4.62. The zero-order valence-corrected chi connectivity index (χ0v) is 20.5. The van der Waals surface area contributed by atoms with Crippen LogP contribution >= 0.6 is 11.8 Å². The van der Waals surface area contributed by atoms with Crippen LogP contribution in [-0.2, 0) is 11.3 Å². The summed E-state index contributed by atoms with van der Waals surface area (Å²) < 4.78 is 1.90. The maximum atomic E-state index is 12.6. The molecule has 1 heterocycles. The summed E-state index contributed by atoms with van der Waals surface area (Å²) in [5, 5.41) is 15.4. The molecule has 7 nitrogen and oxygen atoms in total. The lowest BCUT2D eigenvalue weighted by atomic mass is 9.86. The molecular weight excluding hydrogens is 446 g/mol. The zero-order chi connectivity index (χ0) is 23.9. The van der Waals surface area contributed by atoms with Gasteiger partial charge in [0.15, 0.2) is 11.0 Å². The maximum Gasteiger partial charge on any atom is 0.251 e. The van der Waals surface area contributed by atoms with Gasteiger partial charge < -0.3 is 10.6 Å². The highest BCUT2D eigenvalue weighted by Crippen LogP contribution is 2.25. The van der Waals surface area contributed by atoms with E-state index in [0.717, 1.165) is 24.1 Å². The molecule has 34 heavy (non-hydrogen) atoms. The van der Waals surface area contributed by atoms with Crippen molar-refractivity contribution < 1.29 is 9.59 Å². The summed E-state index contributed by atoms with van der Waals surface area (Å²) in [5.74, 6) is 1.24. The van der Waals surface area contributed by atoms with Gasteiger partial charge in [-0.05, 0) is 49.9 Å². The Kier molecular flexibility index (Phi) is 8.00. The number of hydrogen-bond donors (Lipinski definition) is 2. The van der Waals surface area contributed by atoms with E-state index in [1.54, 1.807) is 6.07 Å². The van der Waals surface area contributed by atoms with Gasteiger partial charge in [0, 0.05) is 17.3 Å². The van der Waals surface area contributed by atoms with E-state index in [4.69, 9.17) is 0 Å². The van der Waals surface area contributed by atoms with E-state index in [1.165, 1.54) is 24.6 Å². The molecule has 3 aromatic rings. The third kappa shape index (κ3) is 6.05. The van der Waals surface area contributed by atoms with E-state index in [1.807, 2.05) is 60.0 Å². The van der Waals surface area contributed by atoms with Gasteiger partial charge in [-0.2, -0.15) is 0 Å². The number of nitrogens with zero attached hydrogens (tertiary/aromatic N) is 3. The fraction of sp³-hybridized carbons (Fsp3) is 0.385. The van der Waals surface area contributed by atoms with E-state index in [9.17, 15) is 9.59 Å². The molecule has 2 N–H and O–H groups in total. The van der Waals surface area contributed by atoms with Crippen LogP contribution in [0.2, 0.25) is 0 Å². The van der Waals surface area contributed by atoms with Crippen molar-refractivity contribution in [3.05, 3.63) is 71.5 Å². The average Bonchev–Trinajstić information content (AvgIpc) is 3.26. The Morgan fingerprint density at radius 1 is 1.06 bits per heavy atom. The highest BCUT2D eigenvalue weighted by molar-refractivity contribution is 7.99. The molecule has 0 saturated heterocycles. The van der Waals surface area contributed by atoms with Gasteiger partial charge >= 0.3 is 0 Å². The number of benzene rings is 2. The Bertz CT molecular complexity index is 1130. The second-order valence-electron chi connectivity index (χ2n) is 8.85. The number of amides is 2. The molecule has 178 valence electrons. The number of carbonyl (C=O) groups excluding carboxylic acids is 2. The molecule has 2 amide bonds. The molecule has 2 aromatic carbocycles. The minimum atomic E-state index is -0.165. The molecule has 2 atom stereocenters. The molecule has 0 spiro atoms. The van der Waals surface area contributed by atoms with Crippen molar-refractivity contribution in [2.45, 2.75) is 57.3 Å². The van der Waals surface area contributed by atoms with E-state index < -0.39 is 0 Å². The summed E-state index contributed by atoms with van der Waals surface area (Å²) in [6.45, 7) is 4.39. The molecule has 0 unspecified atom stereocenters. The molecule has 0 bridgehead atoms. The highest BCUT2D eigenvalue weighted by atomic mass is 32.2. The lowest BCUT2D eigenvalue weighted by Crippen LogP contribution is -2.41. The SMILES string of the molecule is Cc1cccc(C(=O)NCc2nnc(SCC(=O)N[C@H]3CCCC[C@@H]3C)n2-c2ccccc2)c1. The van der Waals surface area contributed by atoms with Gasteiger partial charge in [-0.3, -0.25) is 14.2 Å². The number of thioether (sulfide) groups is 1. The number of aryl methyl sites for hydroxylation is 1. The third-order valence-electron chi connectivity index (χ3n) is 6.19. The first kappa shape index (κ1) is 24.0. The topological polar surface area (TPSA) is 88.9 Å². The maximum absolute atomic E-state index is 12.6. The van der Waals surface area contributed by atoms with E-state index in [0.29, 0.717) is 22.5 Å². The number of para-hydroxylation sites is 1. The number of nitrogens with one attached hydrogen (secondary N) is 2. The van der Waals surface area contributed by atoms with Crippen LogP contribution in [0, 0.1) is 12.8 Å². The minimum absolute atomic E-state index is 0.0145.